The highest BCUT2D eigenvalue weighted by molar-refractivity contribution is 5.69. The predicted octanol–water partition coefficient (Wildman–Crippen LogP) is -0.654. The summed E-state index contributed by atoms with van der Waals surface area (Å²) >= 11 is 0. The van der Waals surface area contributed by atoms with Crippen molar-refractivity contribution in [2.45, 2.75) is 103 Å². The lowest BCUT2D eigenvalue weighted by Gasteiger charge is -2.48. The number of aliphatic hydroxyl groups is 1. The minimum Gasteiger partial charge on any atom is -0.463 e. The van der Waals surface area contributed by atoms with Crippen LogP contribution in [-0.4, -0.2) is 115 Å². The quantitative estimate of drug-likeness (QED) is 0.0990. The third-order valence-electron chi connectivity index (χ3n) is 5.81. The molecular formula is C24H33N3O16. The third kappa shape index (κ3) is 10.3. The van der Waals surface area contributed by atoms with Gasteiger partial charge >= 0.3 is 35.8 Å². The van der Waals surface area contributed by atoms with Gasteiger partial charge in [0.1, 0.15) is 43.7 Å². The Balaban J connectivity index is 2.66. The van der Waals surface area contributed by atoms with E-state index in [9.17, 15) is 33.9 Å². The Kier molecular flexibility index (Phi) is 13.1. The zero-order chi connectivity index (χ0) is 32.4. The number of hydrogen-bond acceptors (Lipinski definition) is 17. The standard InChI is InChI=1S/C24H33N3O16/c1-9(28)35-7-15-18(20(38-12(4)31)17(26-27-25)23(34)41-15)43-24-22(40-14(6)33)21(39-13(5)32)19(37-11(3)30)16(42-24)8-36-10(2)29/h15-24,34H,7-8H2,1-6H3/t15?,16?,17?,18-,19-,20+,21-,22?,23?,24-/m0/s1. The van der Waals surface area contributed by atoms with E-state index in [1.807, 2.05) is 0 Å². The Morgan fingerprint density at radius 1 is 0.651 bits per heavy atom. The second-order valence-electron chi connectivity index (χ2n) is 9.31. The molecule has 43 heavy (non-hydrogen) atoms. The molecule has 2 aliphatic heterocycles. The highest BCUT2D eigenvalue weighted by atomic mass is 16.8. The first-order valence-corrected chi connectivity index (χ1v) is 12.8. The summed E-state index contributed by atoms with van der Waals surface area (Å²) in [4.78, 5) is 74.0. The maximum absolute atomic E-state index is 12.1. The van der Waals surface area contributed by atoms with E-state index < -0.39 is 110 Å². The fourth-order valence-corrected chi connectivity index (χ4v) is 4.37. The molecule has 5 unspecified atom stereocenters. The van der Waals surface area contributed by atoms with Crippen molar-refractivity contribution in [3.05, 3.63) is 10.4 Å². The predicted molar refractivity (Wildman–Crippen MR) is 133 cm³/mol. The Morgan fingerprint density at radius 2 is 1.09 bits per heavy atom. The van der Waals surface area contributed by atoms with E-state index in [0.29, 0.717) is 0 Å². The molecule has 2 heterocycles. The van der Waals surface area contributed by atoms with Crippen LogP contribution in [0.5, 0.6) is 0 Å². The number of ether oxygens (including phenoxy) is 9. The first-order chi connectivity index (χ1) is 20.1. The Labute approximate surface area is 244 Å². The van der Waals surface area contributed by atoms with E-state index in [1.165, 1.54) is 0 Å². The van der Waals surface area contributed by atoms with Gasteiger partial charge in [0.05, 0.1) is 0 Å². The third-order valence-corrected chi connectivity index (χ3v) is 5.81. The second kappa shape index (κ2) is 16.0. The number of nitrogens with zero attached hydrogens (tertiary/aromatic N) is 3. The normalized spacial score (nSPS) is 31.8. The molecule has 10 atom stereocenters. The molecule has 2 aliphatic rings. The molecule has 2 rings (SSSR count). The van der Waals surface area contributed by atoms with Gasteiger partial charge in [-0.2, -0.15) is 0 Å². The zero-order valence-electron chi connectivity index (χ0n) is 24.1. The van der Waals surface area contributed by atoms with E-state index >= 15 is 0 Å². The van der Waals surface area contributed by atoms with Gasteiger partial charge in [0.2, 0.25) is 0 Å². The van der Waals surface area contributed by atoms with Crippen molar-refractivity contribution in [1.29, 1.82) is 0 Å². The highest BCUT2D eigenvalue weighted by Crippen LogP contribution is 2.34. The van der Waals surface area contributed by atoms with Crippen LogP contribution in [0, 0.1) is 0 Å². The molecule has 0 bridgehead atoms. The molecule has 2 fully saturated rings. The Hall–Kier alpha value is -4.03. The fourth-order valence-electron chi connectivity index (χ4n) is 4.37. The summed E-state index contributed by atoms with van der Waals surface area (Å²) in [5.74, 6) is -5.09. The van der Waals surface area contributed by atoms with Crippen LogP contribution in [0.15, 0.2) is 5.11 Å². The molecular weight excluding hydrogens is 586 g/mol. The van der Waals surface area contributed by atoms with Crippen LogP contribution in [0.25, 0.3) is 10.4 Å². The summed E-state index contributed by atoms with van der Waals surface area (Å²) < 4.78 is 48.8. The van der Waals surface area contributed by atoms with Crippen LogP contribution in [0.1, 0.15) is 41.5 Å². The van der Waals surface area contributed by atoms with Crippen LogP contribution < -0.4 is 0 Å². The average Bonchev–Trinajstić information content (AvgIpc) is 2.87. The number of carbonyl (C=O) groups is 6. The van der Waals surface area contributed by atoms with Crippen molar-refractivity contribution in [2.24, 2.45) is 5.11 Å². The van der Waals surface area contributed by atoms with E-state index in [-0.39, 0.29) is 0 Å². The van der Waals surface area contributed by atoms with Gasteiger partial charge in [-0.25, -0.2) is 0 Å². The zero-order valence-corrected chi connectivity index (χ0v) is 24.1. The van der Waals surface area contributed by atoms with Crippen LogP contribution >= 0.6 is 0 Å². The minimum absolute atomic E-state index is 0.566. The van der Waals surface area contributed by atoms with Crippen LogP contribution in [-0.2, 0) is 71.4 Å². The summed E-state index contributed by atoms with van der Waals surface area (Å²) in [5.41, 5.74) is 9.06. The van der Waals surface area contributed by atoms with Crippen molar-refractivity contribution in [3.8, 4) is 0 Å². The number of rotatable bonds is 11. The van der Waals surface area contributed by atoms with Crippen molar-refractivity contribution in [1.82, 2.24) is 0 Å². The van der Waals surface area contributed by atoms with Crippen LogP contribution in [0.4, 0.5) is 0 Å². The second-order valence-corrected chi connectivity index (χ2v) is 9.31. The van der Waals surface area contributed by atoms with Gasteiger partial charge in [0, 0.05) is 46.5 Å². The Bertz CT molecular complexity index is 1110. The molecule has 240 valence electrons. The number of esters is 6. The summed E-state index contributed by atoms with van der Waals surface area (Å²) in [5, 5.41) is 13.9. The smallest absolute Gasteiger partial charge is 0.303 e. The minimum atomic E-state index is -1.86. The lowest BCUT2D eigenvalue weighted by atomic mass is 9.95. The number of hydrogen-bond donors (Lipinski definition) is 1. The van der Waals surface area contributed by atoms with Crippen molar-refractivity contribution >= 4 is 35.8 Å². The molecule has 19 nitrogen and oxygen atoms in total. The molecule has 0 radical (unpaired) electrons. The van der Waals surface area contributed by atoms with Gasteiger partial charge in [-0.1, -0.05) is 5.11 Å². The fraction of sp³-hybridized carbons (Fsp3) is 0.750. The van der Waals surface area contributed by atoms with Gasteiger partial charge in [-0.15, -0.1) is 0 Å². The molecule has 0 amide bonds. The van der Waals surface area contributed by atoms with Gasteiger partial charge in [0.25, 0.3) is 0 Å². The monoisotopic (exact) mass is 619 g/mol. The number of carbonyl (C=O) groups excluding carboxylic acids is 6. The van der Waals surface area contributed by atoms with Crippen LogP contribution in [0.3, 0.4) is 0 Å². The van der Waals surface area contributed by atoms with E-state index in [1.54, 1.807) is 0 Å². The molecule has 0 spiro atoms. The van der Waals surface area contributed by atoms with Crippen LogP contribution in [0.2, 0.25) is 0 Å². The molecule has 0 aromatic rings. The molecule has 0 aliphatic carbocycles. The maximum Gasteiger partial charge on any atom is 0.303 e. The molecule has 0 aromatic carbocycles. The van der Waals surface area contributed by atoms with Gasteiger partial charge in [-0.05, 0) is 5.53 Å². The maximum atomic E-state index is 12.1. The van der Waals surface area contributed by atoms with Gasteiger partial charge < -0.3 is 47.7 Å². The first-order valence-electron chi connectivity index (χ1n) is 12.8. The van der Waals surface area contributed by atoms with E-state index in [0.717, 1.165) is 41.5 Å². The van der Waals surface area contributed by atoms with E-state index in [4.69, 9.17) is 48.2 Å². The summed E-state index contributed by atoms with van der Waals surface area (Å²) in [6, 6.07) is -1.60. The summed E-state index contributed by atoms with van der Waals surface area (Å²) in [7, 11) is 0. The highest BCUT2D eigenvalue weighted by Gasteiger charge is 2.56. The van der Waals surface area contributed by atoms with Crippen molar-refractivity contribution in [2.75, 3.05) is 13.2 Å². The molecule has 0 aromatic heterocycles. The van der Waals surface area contributed by atoms with E-state index in [2.05, 4.69) is 10.0 Å². The summed E-state index contributed by atoms with van der Waals surface area (Å²) in [6.45, 7) is 5.12. The average molecular weight is 620 g/mol. The molecule has 1 N–H and O–H groups in total. The SMILES string of the molecule is CC(=O)OCC1OC(O)C(N=[N+]=[N-])[C@@H](OC(C)=O)[C@H]1O[C@@H]1OC(COC(C)=O)[C@H](OC(C)=O)[C@H](OC(C)=O)C1OC(C)=O. The molecule has 2 saturated heterocycles. The van der Waals surface area contributed by atoms with Crippen molar-refractivity contribution in [3.63, 3.8) is 0 Å². The molecule has 0 saturated carbocycles. The Morgan fingerprint density at radius 3 is 1.56 bits per heavy atom. The number of azide groups is 1. The number of aliphatic hydroxyl groups excluding tert-OH is 1. The lowest BCUT2D eigenvalue weighted by Crippen LogP contribution is -2.66. The first kappa shape index (κ1) is 35.2. The largest absolute Gasteiger partial charge is 0.463 e. The lowest BCUT2D eigenvalue weighted by molar-refractivity contribution is -0.346. The topological polar surface area (TPSA) is 254 Å². The van der Waals surface area contributed by atoms with Gasteiger partial charge in [-0.3, -0.25) is 28.8 Å². The summed E-state index contributed by atoms with van der Waals surface area (Å²) in [6.07, 6.45) is -14.4. The van der Waals surface area contributed by atoms with Gasteiger partial charge in [0.15, 0.2) is 30.9 Å². The van der Waals surface area contributed by atoms with Crippen molar-refractivity contribution < 1.29 is 76.5 Å². The molecule has 19 heteroatoms.